The smallest absolute Gasteiger partial charge is 0.355 e. The summed E-state index contributed by atoms with van der Waals surface area (Å²) in [6.45, 7) is 15.1. The molecule has 5 fully saturated rings. The minimum absolute atomic E-state index is 0.00856. The molecule has 0 amide bonds. The van der Waals surface area contributed by atoms with E-state index in [2.05, 4.69) is 48.0 Å². The summed E-state index contributed by atoms with van der Waals surface area (Å²) in [5.74, 6) is 1.58. The van der Waals surface area contributed by atoms with Crippen LogP contribution in [0, 0.1) is 30.1 Å². The number of aromatic carboxylic acids is 1. The van der Waals surface area contributed by atoms with Gasteiger partial charge in [0.1, 0.15) is 18.1 Å². The Labute approximate surface area is 356 Å². The van der Waals surface area contributed by atoms with Crippen molar-refractivity contribution in [2.75, 3.05) is 57.2 Å². The van der Waals surface area contributed by atoms with E-state index in [4.69, 9.17) is 24.5 Å². The van der Waals surface area contributed by atoms with Crippen LogP contribution in [-0.2, 0) is 17.7 Å². The van der Waals surface area contributed by atoms with Crippen LogP contribution in [-0.4, -0.2) is 98.0 Å². The highest BCUT2D eigenvalue weighted by molar-refractivity contribution is 7.22. The number of likely N-dealkylation sites (tertiary alicyclic amines) is 1. The molecule has 1 saturated heterocycles. The Bertz CT molecular complexity index is 2490. The van der Waals surface area contributed by atoms with E-state index in [9.17, 15) is 9.90 Å². The lowest BCUT2D eigenvalue weighted by atomic mass is 9.39. The lowest BCUT2D eigenvalue weighted by molar-refractivity contribution is -0.898. The van der Waals surface area contributed by atoms with Gasteiger partial charge < -0.3 is 29.3 Å². The molecule has 0 spiro atoms. The van der Waals surface area contributed by atoms with Gasteiger partial charge in [-0.25, -0.2) is 14.8 Å². The van der Waals surface area contributed by atoms with Crippen molar-refractivity contribution < 1.29 is 23.9 Å². The van der Waals surface area contributed by atoms with Crippen LogP contribution in [0.4, 0.5) is 22.6 Å². The molecule has 11 rings (SSSR count). The van der Waals surface area contributed by atoms with E-state index in [-0.39, 0.29) is 27.5 Å². The molecule has 4 aromatic heterocycles. The molecule has 0 radical (unpaired) electrons. The number of carboxylic acids is 1. The summed E-state index contributed by atoms with van der Waals surface area (Å²) in [4.78, 5) is 24.6. The first kappa shape index (κ1) is 39.5. The zero-order valence-corrected chi connectivity index (χ0v) is 36.8. The number of carboxylic acid groups (broad SMARTS) is 1. The molecule has 14 heteroatoms. The molecular formula is C46H58N9O4S+. The van der Waals surface area contributed by atoms with Crippen LogP contribution < -0.4 is 15.0 Å². The summed E-state index contributed by atoms with van der Waals surface area (Å²) in [5, 5.41) is 29.0. The third-order valence-corrected chi connectivity index (χ3v) is 15.7. The molecule has 13 nitrogen and oxygen atoms in total. The second-order valence-electron chi connectivity index (χ2n) is 20.1. The fraction of sp³-hybridized carbons (Fsp3) is 0.565. The molecule has 2 aliphatic heterocycles. The molecule has 6 aliphatic rings. The Morgan fingerprint density at radius 3 is 2.50 bits per heavy atom. The Morgan fingerprint density at radius 2 is 1.75 bits per heavy atom. The molecule has 6 heterocycles. The van der Waals surface area contributed by atoms with Crippen LogP contribution in [0.2, 0.25) is 0 Å². The topological polar surface area (TPSA) is 140 Å². The fourth-order valence-corrected chi connectivity index (χ4v) is 14.1. The number of pyridine rings is 1. The number of thiazole rings is 1. The van der Waals surface area contributed by atoms with E-state index < -0.39 is 5.97 Å². The predicted octanol–water partition coefficient (Wildman–Crippen LogP) is 8.87. The monoisotopic (exact) mass is 832 g/mol. The van der Waals surface area contributed by atoms with Crippen molar-refractivity contribution in [3.8, 4) is 16.9 Å². The highest BCUT2D eigenvalue weighted by Gasteiger charge is 2.66. The van der Waals surface area contributed by atoms with Gasteiger partial charge in [0.15, 0.2) is 22.5 Å². The quantitative estimate of drug-likeness (QED) is 0.117. The van der Waals surface area contributed by atoms with Crippen molar-refractivity contribution >= 4 is 50.1 Å². The SMILES string of the molecule is COc1ccc2sc(Nc3nnc4c(c3C)CCCN4c3ccc(-c4cnn(CC56CC7(OCC[N+]8(C)CCCC8)C[C@](C)(C5)C[C@](C)(C6)C7)c4C)c(C(=O)O)n3)nc2c1. The third kappa shape index (κ3) is 6.92. The van der Waals surface area contributed by atoms with Crippen molar-refractivity contribution in [2.45, 2.75) is 104 Å². The van der Waals surface area contributed by atoms with Crippen molar-refractivity contribution in [2.24, 2.45) is 16.2 Å². The van der Waals surface area contributed by atoms with Gasteiger partial charge in [-0.05, 0) is 106 Å². The van der Waals surface area contributed by atoms with Crippen LogP contribution in [0.25, 0.3) is 21.3 Å². The van der Waals surface area contributed by atoms with E-state index in [1.54, 1.807) is 18.4 Å². The number of ether oxygens (including phenoxy) is 2. The third-order valence-electron chi connectivity index (χ3n) is 14.8. The van der Waals surface area contributed by atoms with Crippen molar-refractivity contribution in [3.05, 3.63) is 59.0 Å². The summed E-state index contributed by atoms with van der Waals surface area (Å²) in [6, 6.07) is 9.66. The van der Waals surface area contributed by atoms with Crippen molar-refractivity contribution in [3.63, 3.8) is 0 Å². The highest BCUT2D eigenvalue weighted by atomic mass is 32.1. The number of methoxy groups -OCH3 is 1. The number of nitrogens with one attached hydrogen (secondary N) is 1. The molecular weight excluding hydrogens is 775 g/mol. The number of hydrogen-bond donors (Lipinski definition) is 2. The van der Waals surface area contributed by atoms with Crippen LogP contribution in [0.15, 0.2) is 36.5 Å². The largest absolute Gasteiger partial charge is 0.497 e. The van der Waals surface area contributed by atoms with Crippen LogP contribution in [0.1, 0.15) is 98.9 Å². The molecule has 2 unspecified atom stereocenters. The molecule has 316 valence electrons. The van der Waals surface area contributed by atoms with E-state index in [1.165, 1.54) is 45.2 Å². The lowest BCUT2D eigenvalue weighted by Crippen LogP contribution is -2.64. The minimum atomic E-state index is -1.07. The first-order chi connectivity index (χ1) is 28.7. The second-order valence-corrected chi connectivity index (χ2v) is 21.1. The number of anilines is 4. The van der Waals surface area contributed by atoms with E-state index in [0.29, 0.717) is 29.6 Å². The number of hydrogen-bond acceptors (Lipinski definition) is 11. The van der Waals surface area contributed by atoms with Gasteiger partial charge in [-0.15, -0.1) is 10.2 Å². The van der Waals surface area contributed by atoms with Gasteiger partial charge in [-0.3, -0.25) is 4.68 Å². The maximum atomic E-state index is 13.0. The first-order valence-corrected chi connectivity index (χ1v) is 22.6. The first-order valence-electron chi connectivity index (χ1n) is 21.8. The standard InChI is InChI=1S/C46H57N9O4S/c1-29-32-10-9-15-53(40(32)52-51-39(29)50-42-48-35-20-31(58-6)11-13-36(35)60-42)37-14-12-33(38(49-37)41(56)57)34-21-47-54(30(34)2)28-45-23-43(3)22-44(4,24-45)26-46(25-43,27-45)59-19-18-55(5)16-7-8-17-55/h11-14,20-21H,7-10,15-19,22-28H2,1-6H3,(H-,48,50,51,56,57)/p+1/t43-,44+,45?,46?. The van der Waals surface area contributed by atoms with E-state index in [0.717, 1.165) is 99.8 Å². The zero-order valence-electron chi connectivity index (χ0n) is 35.9. The second kappa shape index (κ2) is 14.2. The van der Waals surface area contributed by atoms with Gasteiger partial charge in [0.25, 0.3) is 0 Å². The number of fused-ring (bicyclic) bond motifs is 2. The van der Waals surface area contributed by atoms with Gasteiger partial charge in [0.05, 0.1) is 55.9 Å². The number of nitrogens with zero attached hydrogens (tertiary/aromatic N) is 8. The van der Waals surface area contributed by atoms with Gasteiger partial charge in [0.2, 0.25) is 0 Å². The van der Waals surface area contributed by atoms with Gasteiger partial charge >= 0.3 is 5.97 Å². The summed E-state index contributed by atoms with van der Waals surface area (Å²) < 4.78 is 16.8. The minimum Gasteiger partial charge on any atom is -0.497 e. The molecule has 4 atom stereocenters. The van der Waals surface area contributed by atoms with Crippen molar-refractivity contribution in [1.29, 1.82) is 0 Å². The van der Waals surface area contributed by atoms with E-state index >= 15 is 0 Å². The summed E-state index contributed by atoms with van der Waals surface area (Å²) in [7, 11) is 4.05. The average molecular weight is 833 g/mol. The summed E-state index contributed by atoms with van der Waals surface area (Å²) in [6.07, 6.45) is 13.2. The number of quaternary nitrogens is 1. The highest BCUT2D eigenvalue weighted by Crippen LogP contribution is 2.72. The molecule has 1 aromatic carbocycles. The fourth-order valence-electron chi connectivity index (χ4n) is 13.2. The number of carbonyl (C=O) groups is 1. The number of aromatic nitrogens is 6. The van der Waals surface area contributed by atoms with Gasteiger partial charge in [-0.1, -0.05) is 25.2 Å². The Kier molecular flexibility index (Phi) is 9.34. The summed E-state index contributed by atoms with van der Waals surface area (Å²) in [5.41, 5.74) is 5.74. The van der Waals surface area contributed by atoms with Gasteiger partial charge in [-0.2, -0.15) is 5.10 Å². The number of likely N-dealkylation sites (N-methyl/N-ethyl adjacent to an activating group) is 1. The lowest BCUT2D eigenvalue weighted by Gasteiger charge is -2.69. The summed E-state index contributed by atoms with van der Waals surface area (Å²) >= 11 is 1.55. The van der Waals surface area contributed by atoms with Crippen LogP contribution in [0.5, 0.6) is 5.75 Å². The predicted molar refractivity (Wildman–Crippen MR) is 234 cm³/mol. The molecule has 4 saturated carbocycles. The average Bonchev–Trinajstić information content (AvgIpc) is 3.91. The van der Waals surface area contributed by atoms with E-state index in [1.807, 2.05) is 48.4 Å². The Hall–Kier alpha value is -4.66. The normalized spacial score (nSPS) is 27.7. The molecule has 2 N–H and O–H groups in total. The molecule has 60 heavy (non-hydrogen) atoms. The van der Waals surface area contributed by atoms with Crippen LogP contribution >= 0.6 is 11.3 Å². The molecule has 4 bridgehead atoms. The Balaban J connectivity index is 0.897. The Morgan fingerprint density at radius 1 is 0.967 bits per heavy atom. The zero-order chi connectivity index (χ0) is 41.7. The maximum Gasteiger partial charge on any atom is 0.355 e. The number of rotatable bonds is 12. The molecule has 4 aliphatic carbocycles. The van der Waals surface area contributed by atoms with Crippen molar-refractivity contribution in [1.82, 2.24) is 29.9 Å². The van der Waals surface area contributed by atoms with Gasteiger partial charge in [0, 0.05) is 59.9 Å². The maximum absolute atomic E-state index is 13.0. The molecule has 5 aromatic rings. The number of benzene rings is 1. The van der Waals surface area contributed by atoms with Crippen LogP contribution in [0.3, 0.4) is 0 Å².